The highest BCUT2D eigenvalue weighted by molar-refractivity contribution is 6.07. The summed E-state index contributed by atoms with van der Waals surface area (Å²) in [6, 6.07) is 6.94. The number of pyridine rings is 1. The highest BCUT2D eigenvalue weighted by Gasteiger charge is 2.15. The molecule has 20 heavy (non-hydrogen) atoms. The van der Waals surface area contributed by atoms with E-state index >= 15 is 0 Å². The largest absolute Gasteiger partial charge is 0.399 e. The smallest absolute Gasteiger partial charge is 0.280 e. The van der Waals surface area contributed by atoms with E-state index in [1.807, 2.05) is 6.92 Å². The molecule has 7 heteroatoms. The van der Waals surface area contributed by atoms with Gasteiger partial charge in [-0.1, -0.05) is 0 Å². The first kappa shape index (κ1) is 12.1. The van der Waals surface area contributed by atoms with E-state index in [-0.39, 0.29) is 11.9 Å². The van der Waals surface area contributed by atoms with Crippen molar-refractivity contribution in [2.24, 2.45) is 0 Å². The maximum atomic E-state index is 12.5. The standard InChI is InChI=1S/C13H12N6O/c1-7-4-10(12(20)19-6-16-13(15)18-19)9-5-8(14)2-3-11(9)17-7/h2-6H,14H2,1H3,(H2,15,18). The monoisotopic (exact) mass is 268 g/mol. The van der Waals surface area contributed by atoms with Gasteiger partial charge in [-0.05, 0) is 31.2 Å². The number of benzene rings is 1. The molecule has 0 saturated carbocycles. The molecule has 0 fully saturated rings. The number of nitrogens with zero attached hydrogens (tertiary/aromatic N) is 4. The third-order valence-corrected chi connectivity index (χ3v) is 2.91. The first-order valence-corrected chi connectivity index (χ1v) is 5.93. The van der Waals surface area contributed by atoms with Crippen LogP contribution in [0.4, 0.5) is 11.6 Å². The van der Waals surface area contributed by atoms with Gasteiger partial charge in [0.1, 0.15) is 6.33 Å². The number of rotatable bonds is 1. The maximum Gasteiger partial charge on any atom is 0.280 e. The van der Waals surface area contributed by atoms with Crippen molar-refractivity contribution in [3.05, 3.63) is 41.9 Å². The van der Waals surface area contributed by atoms with Crippen LogP contribution >= 0.6 is 0 Å². The van der Waals surface area contributed by atoms with Crippen molar-refractivity contribution in [1.29, 1.82) is 0 Å². The molecule has 0 saturated heterocycles. The van der Waals surface area contributed by atoms with E-state index in [9.17, 15) is 4.79 Å². The number of hydrogen-bond donors (Lipinski definition) is 2. The van der Waals surface area contributed by atoms with Crippen molar-refractivity contribution in [3.63, 3.8) is 0 Å². The van der Waals surface area contributed by atoms with Gasteiger partial charge in [-0.2, -0.15) is 4.68 Å². The Morgan fingerprint density at radius 1 is 1.25 bits per heavy atom. The van der Waals surface area contributed by atoms with Crippen LogP contribution < -0.4 is 11.5 Å². The zero-order valence-electron chi connectivity index (χ0n) is 10.7. The summed E-state index contributed by atoms with van der Waals surface area (Å²) in [5.41, 5.74) is 13.7. The first-order valence-electron chi connectivity index (χ1n) is 5.93. The Labute approximate surface area is 114 Å². The van der Waals surface area contributed by atoms with Crippen LogP contribution in [-0.4, -0.2) is 25.7 Å². The number of aromatic nitrogens is 4. The molecule has 4 N–H and O–H groups in total. The second-order valence-electron chi connectivity index (χ2n) is 4.44. The van der Waals surface area contributed by atoms with E-state index < -0.39 is 0 Å². The van der Waals surface area contributed by atoms with Gasteiger partial charge >= 0.3 is 0 Å². The van der Waals surface area contributed by atoms with Gasteiger partial charge in [0, 0.05) is 16.8 Å². The van der Waals surface area contributed by atoms with Gasteiger partial charge in [-0.25, -0.2) is 4.98 Å². The van der Waals surface area contributed by atoms with E-state index in [0.29, 0.717) is 22.2 Å². The number of carbonyl (C=O) groups excluding carboxylic acids is 1. The van der Waals surface area contributed by atoms with E-state index in [2.05, 4.69) is 15.1 Å². The van der Waals surface area contributed by atoms with Crippen LogP contribution in [0.25, 0.3) is 10.9 Å². The highest BCUT2D eigenvalue weighted by Crippen LogP contribution is 2.22. The molecular weight excluding hydrogens is 256 g/mol. The van der Waals surface area contributed by atoms with E-state index in [1.54, 1.807) is 24.3 Å². The van der Waals surface area contributed by atoms with E-state index in [4.69, 9.17) is 11.5 Å². The molecule has 0 atom stereocenters. The fourth-order valence-electron chi connectivity index (χ4n) is 2.05. The summed E-state index contributed by atoms with van der Waals surface area (Å²) in [6.07, 6.45) is 1.28. The van der Waals surface area contributed by atoms with Crippen molar-refractivity contribution >= 4 is 28.4 Å². The number of nitrogen functional groups attached to an aromatic ring is 2. The maximum absolute atomic E-state index is 12.5. The quantitative estimate of drug-likeness (QED) is 0.636. The zero-order valence-corrected chi connectivity index (χ0v) is 10.7. The van der Waals surface area contributed by atoms with Crippen molar-refractivity contribution in [1.82, 2.24) is 19.7 Å². The first-order chi connectivity index (χ1) is 9.54. The van der Waals surface area contributed by atoms with Crippen LogP contribution in [0.5, 0.6) is 0 Å². The molecule has 0 aliphatic rings. The van der Waals surface area contributed by atoms with Gasteiger partial charge in [0.25, 0.3) is 5.91 Å². The fourth-order valence-corrected chi connectivity index (χ4v) is 2.05. The summed E-state index contributed by atoms with van der Waals surface area (Å²) < 4.78 is 1.10. The molecule has 0 amide bonds. The highest BCUT2D eigenvalue weighted by atomic mass is 16.2. The predicted octanol–water partition coefficient (Wildman–Crippen LogP) is 0.988. The molecule has 0 aliphatic carbocycles. The Morgan fingerprint density at radius 3 is 2.75 bits per heavy atom. The minimum atomic E-state index is -0.324. The Kier molecular flexibility index (Phi) is 2.60. The van der Waals surface area contributed by atoms with Gasteiger partial charge in [-0.15, -0.1) is 5.10 Å². The van der Waals surface area contributed by atoms with Crippen LogP contribution in [0.3, 0.4) is 0 Å². The normalized spacial score (nSPS) is 10.8. The average Bonchev–Trinajstić information content (AvgIpc) is 2.84. The second-order valence-corrected chi connectivity index (χ2v) is 4.44. The van der Waals surface area contributed by atoms with Crippen molar-refractivity contribution < 1.29 is 4.79 Å². The topological polar surface area (TPSA) is 113 Å². The molecule has 3 aromatic rings. The van der Waals surface area contributed by atoms with Crippen LogP contribution in [0.15, 0.2) is 30.6 Å². The molecule has 0 aliphatic heterocycles. The lowest BCUT2D eigenvalue weighted by Crippen LogP contribution is -2.14. The number of fused-ring (bicyclic) bond motifs is 1. The molecule has 100 valence electrons. The molecule has 0 radical (unpaired) electrons. The molecule has 1 aromatic carbocycles. The third-order valence-electron chi connectivity index (χ3n) is 2.91. The summed E-state index contributed by atoms with van der Waals surface area (Å²) in [7, 11) is 0. The Balaban J connectivity index is 2.24. The molecule has 2 heterocycles. The van der Waals surface area contributed by atoms with Gasteiger partial charge in [0.05, 0.1) is 11.1 Å². The van der Waals surface area contributed by atoms with Gasteiger partial charge in [0.2, 0.25) is 5.95 Å². The summed E-state index contributed by atoms with van der Waals surface area (Å²) in [4.78, 5) is 20.6. The molecule has 7 nitrogen and oxygen atoms in total. The summed E-state index contributed by atoms with van der Waals surface area (Å²) >= 11 is 0. The lowest BCUT2D eigenvalue weighted by atomic mass is 10.1. The molecule has 0 bridgehead atoms. The Bertz CT molecular complexity index is 823. The number of nitrogens with two attached hydrogens (primary N) is 2. The van der Waals surface area contributed by atoms with Crippen molar-refractivity contribution in [2.75, 3.05) is 11.5 Å². The molecule has 0 spiro atoms. The molecular formula is C13H12N6O. The minimum Gasteiger partial charge on any atom is -0.399 e. The molecule has 3 rings (SSSR count). The fraction of sp³-hybridized carbons (Fsp3) is 0.0769. The van der Waals surface area contributed by atoms with Crippen LogP contribution in [-0.2, 0) is 0 Å². The third kappa shape index (κ3) is 1.95. The van der Waals surface area contributed by atoms with Crippen molar-refractivity contribution in [2.45, 2.75) is 6.92 Å². The molecule has 2 aromatic heterocycles. The Hall–Kier alpha value is -2.96. The van der Waals surface area contributed by atoms with E-state index in [0.717, 1.165) is 10.4 Å². The number of aryl methyl sites for hydroxylation is 1. The number of anilines is 2. The van der Waals surface area contributed by atoms with Crippen LogP contribution in [0.2, 0.25) is 0 Å². The van der Waals surface area contributed by atoms with Gasteiger partial charge in [0.15, 0.2) is 0 Å². The Morgan fingerprint density at radius 2 is 2.05 bits per heavy atom. The zero-order chi connectivity index (χ0) is 14.3. The lowest BCUT2D eigenvalue weighted by molar-refractivity contribution is 0.0946. The number of carbonyl (C=O) groups is 1. The number of hydrogen-bond acceptors (Lipinski definition) is 6. The summed E-state index contributed by atoms with van der Waals surface area (Å²) in [5, 5.41) is 4.50. The van der Waals surface area contributed by atoms with Gasteiger partial charge < -0.3 is 11.5 Å². The van der Waals surface area contributed by atoms with Gasteiger partial charge in [-0.3, -0.25) is 9.78 Å². The van der Waals surface area contributed by atoms with Crippen LogP contribution in [0, 0.1) is 6.92 Å². The predicted molar refractivity (Wildman–Crippen MR) is 75.1 cm³/mol. The average molecular weight is 268 g/mol. The summed E-state index contributed by atoms with van der Waals surface area (Å²) in [6.45, 7) is 1.82. The van der Waals surface area contributed by atoms with Crippen LogP contribution in [0.1, 0.15) is 16.1 Å². The van der Waals surface area contributed by atoms with Crippen molar-refractivity contribution in [3.8, 4) is 0 Å². The summed E-state index contributed by atoms with van der Waals surface area (Å²) in [5.74, 6) is -0.275. The second kappa shape index (κ2) is 4.30. The SMILES string of the molecule is Cc1cc(C(=O)n2cnc(N)n2)c2cc(N)ccc2n1. The van der Waals surface area contributed by atoms with E-state index in [1.165, 1.54) is 6.33 Å². The lowest BCUT2D eigenvalue weighted by Gasteiger charge is -2.07. The molecule has 0 unspecified atom stereocenters. The minimum absolute atomic E-state index is 0.0490.